The lowest BCUT2D eigenvalue weighted by Gasteiger charge is -2.09. The molecule has 0 heterocycles. The van der Waals surface area contributed by atoms with Gasteiger partial charge in [-0.25, -0.2) is 4.79 Å². The predicted molar refractivity (Wildman–Crippen MR) is 41.3 cm³/mol. The Balaban J connectivity index is 3.47. The maximum Gasteiger partial charge on any atom is 0.431 e. The molecule has 0 aliphatic rings. The number of carbonyl (C=O) groups is 1. The first-order valence-electron chi connectivity index (χ1n) is 3.92. The molecule has 0 aliphatic heterocycles. The van der Waals surface area contributed by atoms with Crippen molar-refractivity contribution in [3.8, 4) is 0 Å². The van der Waals surface area contributed by atoms with E-state index < -0.39 is 18.9 Å². The summed E-state index contributed by atoms with van der Waals surface area (Å²) >= 11 is 0. The number of hydroxylamine groups is 1. The van der Waals surface area contributed by atoms with Gasteiger partial charge in [0.05, 0.1) is 6.61 Å². The molecule has 0 aromatic heterocycles. The minimum Gasteiger partial charge on any atom is -0.438 e. The maximum absolute atomic E-state index is 11.5. The molecule has 0 fully saturated rings. The molecule has 0 aromatic carbocycles. The fourth-order valence-electron chi connectivity index (χ4n) is 0.444. The summed E-state index contributed by atoms with van der Waals surface area (Å²) < 4.78 is 38.3. The third-order valence-electron chi connectivity index (χ3n) is 0.939. The van der Waals surface area contributed by atoms with E-state index in [4.69, 9.17) is 0 Å². The lowest BCUT2D eigenvalue weighted by atomic mass is 10.2. The molecule has 0 unspecified atom stereocenters. The van der Waals surface area contributed by atoms with Gasteiger partial charge in [0.1, 0.15) is 0 Å². The molecule has 0 bridgehead atoms. The van der Waals surface area contributed by atoms with Crippen LogP contribution < -0.4 is 5.48 Å². The van der Waals surface area contributed by atoms with Crippen molar-refractivity contribution in [1.29, 1.82) is 0 Å². The molecular formula is C7H12F3NO3. The minimum atomic E-state index is -4.52. The molecule has 0 rings (SSSR count). The van der Waals surface area contributed by atoms with E-state index in [1.807, 2.05) is 13.8 Å². The summed E-state index contributed by atoms with van der Waals surface area (Å²) in [5.74, 6) is 0.165. The molecule has 0 saturated carbocycles. The second-order valence-electron chi connectivity index (χ2n) is 3.00. The highest BCUT2D eigenvalue weighted by Crippen LogP contribution is 2.14. The first-order valence-corrected chi connectivity index (χ1v) is 3.92. The average molecular weight is 215 g/mol. The summed E-state index contributed by atoms with van der Waals surface area (Å²) in [7, 11) is 0. The summed E-state index contributed by atoms with van der Waals surface area (Å²) in [4.78, 5) is 15.0. The third kappa shape index (κ3) is 9.11. The smallest absolute Gasteiger partial charge is 0.431 e. The second-order valence-corrected chi connectivity index (χ2v) is 3.00. The van der Waals surface area contributed by atoms with E-state index in [1.54, 1.807) is 5.48 Å². The fraction of sp³-hybridized carbons (Fsp3) is 0.857. The Morgan fingerprint density at radius 2 is 2.00 bits per heavy atom. The van der Waals surface area contributed by atoms with Gasteiger partial charge in [-0.05, 0) is 5.92 Å². The molecule has 0 saturated heterocycles. The number of rotatable bonds is 4. The van der Waals surface area contributed by atoms with Gasteiger partial charge in [-0.2, -0.15) is 18.7 Å². The molecule has 0 aliphatic carbocycles. The van der Waals surface area contributed by atoms with Crippen LogP contribution in [0.1, 0.15) is 13.8 Å². The summed E-state index contributed by atoms with van der Waals surface area (Å²) in [6, 6.07) is 0. The molecule has 0 radical (unpaired) electrons. The van der Waals surface area contributed by atoms with Gasteiger partial charge in [-0.1, -0.05) is 13.8 Å². The normalized spacial score (nSPS) is 11.6. The first-order chi connectivity index (χ1) is 6.31. The molecule has 0 aromatic rings. The van der Waals surface area contributed by atoms with Gasteiger partial charge in [0.15, 0.2) is 6.61 Å². The van der Waals surface area contributed by atoms with Gasteiger partial charge < -0.3 is 4.74 Å². The van der Waals surface area contributed by atoms with Crippen LogP contribution in [0.2, 0.25) is 0 Å². The monoisotopic (exact) mass is 215 g/mol. The van der Waals surface area contributed by atoms with Crippen LogP contribution in [0.3, 0.4) is 0 Å². The van der Waals surface area contributed by atoms with E-state index in [1.165, 1.54) is 0 Å². The van der Waals surface area contributed by atoms with Crippen LogP contribution in [0.4, 0.5) is 18.0 Å². The number of ether oxygens (including phenoxy) is 1. The average Bonchev–Trinajstić information content (AvgIpc) is 1.99. The molecule has 0 spiro atoms. The molecule has 1 N–H and O–H groups in total. The Morgan fingerprint density at radius 3 is 2.43 bits per heavy atom. The van der Waals surface area contributed by atoms with Gasteiger partial charge >= 0.3 is 12.3 Å². The van der Waals surface area contributed by atoms with Crippen LogP contribution in [0.5, 0.6) is 0 Å². The zero-order valence-electron chi connectivity index (χ0n) is 7.85. The van der Waals surface area contributed by atoms with Crippen molar-refractivity contribution in [1.82, 2.24) is 5.48 Å². The van der Waals surface area contributed by atoms with Gasteiger partial charge in [-0.15, -0.1) is 0 Å². The highest BCUT2D eigenvalue weighted by atomic mass is 19.4. The fourth-order valence-corrected chi connectivity index (χ4v) is 0.444. The number of alkyl halides is 3. The lowest BCUT2D eigenvalue weighted by Crippen LogP contribution is -2.30. The Labute approximate surface area is 79.3 Å². The number of carbonyl (C=O) groups excluding carboxylic acids is 1. The number of nitrogens with one attached hydrogen (secondary N) is 1. The number of amides is 1. The highest BCUT2D eigenvalue weighted by Gasteiger charge is 2.29. The standard InChI is InChI=1S/C7H12F3NO3/c1-5(2)3-14-11-6(12)13-4-7(8,9)10/h5H,3-4H2,1-2H3,(H,11,12). The Bertz CT molecular complexity index is 182. The highest BCUT2D eigenvalue weighted by molar-refractivity contribution is 5.65. The molecule has 84 valence electrons. The van der Waals surface area contributed by atoms with Crippen molar-refractivity contribution in [3.63, 3.8) is 0 Å². The number of hydrogen-bond acceptors (Lipinski definition) is 3. The second kappa shape index (κ2) is 5.69. The predicted octanol–water partition coefficient (Wildman–Crippen LogP) is 1.86. The van der Waals surface area contributed by atoms with Gasteiger partial charge in [0, 0.05) is 0 Å². The molecular weight excluding hydrogens is 203 g/mol. The molecule has 0 atom stereocenters. The van der Waals surface area contributed by atoms with Crippen molar-refractivity contribution in [2.45, 2.75) is 20.0 Å². The van der Waals surface area contributed by atoms with E-state index in [-0.39, 0.29) is 12.5 Å². The van der Waals surface area contributed by atoms with Crippen molar-refractivity contribution >= 4 is 6.09 Å². The molecule has 1 amide bonds. The summed E-state index contributed by atoms with van der Waals surface area (Å²) in [6.45, 7) is 2.23. The SMILES string of the molecule is CC(C)CONC(=O)OCC(F)(F)F. The van der Waals surface area contributed by atoms with Crippen molar-refractivity contribution in [2.75, 3.05) is 13.2 Å². The van der Waals surface area contributed by atoms with Crippen LogP contribution in [-0.4, -0.2) is 25.5 Å². The van der Waals surface area contributed by atoms with Crippen molar-refractivity contribution in [3.05, 3.63) is 0 Å². The summed E-state index contributed by atoms with van der Waals surface area (Å²) in [6.07, 6.45) is -5.77. The van der Waals surface area contributed by atoms with E-state index in [0.29, 0.717) is 0 Å². The summed E-state index contributed by atoms with van der Waals surface area (Å²) in [5.41, 5.74) is 1.73. The Hall–Kier alpha value is -0.980. The number of hydrogen-bond donors (Lipinski definition) is 1. The molecule has 7 heteroatoms. The van der Waals surface area contributed by atoms with E-state index in [0.717, 1.165) is 0 Å². The van der Waals surface area contributed by atoms with Gasteiger partial charge in [-0.3, -0.25) is 4.84 Å². The van der Waals surface area contributed by atoms with Crippen molar-refractivity contribution in [2.24, 2.45) is 5.92 Å². The maximum atomic E-state index is 11.5. The number of halogens is 3. The summed E-state index contributed by atoms with van der Waals surface area (Å²) in [5, 5.41) is 0. The van der Waals surface area contributed by atoms with Crippen LogP contribution in [0, 0.1) is 5.92 Å². The Kier molecular flexibility index (Phi) is 5.29. The Morgan fingerprint density at radius 1 is 1.43 bits per heavy atom. The zero-order chi connectivity index (χ0) is 11.2. The topological polar surface area (TPSA) is 47.6 Å². The van der Waals surface area contributed by atoms with Crippen LogP contribution in [0.15, 0.2) is 0 Å². The minimum absolute atomic E-state index is 0.165. The van der Waals surface area contributed by atoms with Crippen LogP contribution in [0.25, 0.3) is 0 Å². The zero-order valence-corrected chi connectivity index (χ0v) is 7.85. The van der Waals surface area contributed by atoms with Gasteiger partial charge in [0.25, 0.3) is 0 Å². The lowest BCUT2D eigenvalue weighted by molar-refractivity contribution is -0.162. The van der Waals surface area contributed by atoms with Crippen LogP contribution >= 0.6 is 0 Å². The van der Waals surface area contributed by atoms with Crippen molar-refractivity contribution < 1.29 is 27.5 Å². The van der Waals surface area contributed by atoms with E-state index in [2.05, 4.69) is 9.57 Å². The first kappa shape index (κ1) is 13.0. The van der Waals surface area contributed by atoms with Gasteiger partial charge in [0.2, 0.25) is 0 Å². The quantitative estimate of drug-likeness (QED) is 0.728. The third-order valence-corrected chi connectivity index (χ3v) is 0.939. The molecule has 14 heavy (non-hydrogen) atoms. The largest absolute Gasteiger partial charge is 0.438 e. The van der Waals surface area contributed by atoms with E-state index >= 15 is 0 Å². The van der Waals surface area contributed by atoms with E-state index in [9.17, 15) is 18.0 Å². The molecule has 4 nitrogen and oxygen atoms in total. The van der Waals surface area contributed by atoms with Crippen LogP contribution in [-0.2, 0) is 9.57 Å².